The van der Waals surface area contributed by atoms with Gasteiger partial charge in [-0.3, -0.25) is 14.9 Å². The van der Waals surface area contributed by atoms with Crippen LogP contribution in [0.1, 0.15) is 5.56 Å². The van der Waals surface area contributed by atoms with Crippen molar-refractivity contribution in [2.45, 2.75) is 4.90 Å². The van der Waals surface area contributed by atoms with Crippen molar-refractivity contribution in [3.8, 4) is 11.8 Å². The van der Waals surface area contributed by atoms with Crippen LogP contribution in [0.15, 0.2) is 62.3 Å². The Balaban J connectivity index is 1.64. The molecule has 0 saturated carbocycles. The van der Waals surface area contributed by atoms with Gasteiger partial charge in [-0.15, -0.1) is 0 Å². The predicted molar refractivity (Wildman–Crippen MR) is 124 cm³/mol. The molecule has 2 aromatic heterocycles. The lowest BCUT2D eigenvalue weighted by molar-refractivity contribution is -0.112. The van der Waals surface area contributed by atoms with E-state index in [1.54, 1.807) is 18.2 Å². The standard InChI is InChI=1S/C22H15N3O6S2/c1-30-14-3-5-16-18(8-14)31-11-13(20(16)26)7-12(10-23)21(27)25-22-24-17-6-4-15(33(2,28)29)9-19(17)32-22/h3-9,11H,1-2H3,(H,24,25,27). The predicted octanol–water partition coefficient (Wildman–Crippen LogP) is 3.36. The molecular formula is C22H15N3O6S2. The number of anilines is 1. The maximum Gasteiger partial charge on any atom is 0.268 e. The third-order valence-electron chi connectivity index (χ3n) is 4.68. The second-order valence-electron chi connectivity index (χ2n) is 6.93. The van der Waals surface area contributed by atoms with Crippen LogP contribution in [-0.2, 0) is 14.6 Å². The van der Waals surface area contributed by atoms with Gasteiger partial charge in [-0.25, -0.2) is 13.4 Å². The van der Waals surface area contributed by atoms with Crippen LogP contribution in [0.4, 0.5) is 5.13 Å². The minimum atomic E-state index is -3.39. The van der Waals surface area contributed by atoms with Gasteiger partial charge in [0.05, 0.1) is 33.2 Å². The van der Waals surface area contributed by atoms with Crippen molar-refractivity contribution in [3.63, 3.8) is 0 Å². The minimum absolute atomic E-state index is 0.0291. The van der Waals surface area contributed by atoms with Crippen molar-refractivity contribution in [1.29, 1.82) is 5.26 Å². The third kappa shape index (κ3) is 4.48. The molecule has 0 aliphatic rings. The van der Waals surface area contributed by atoms with E-state index in [0.717, 1.165) is 23.7 Å². The summed E-state index contributed by atoms with van der Waals surface area (Å²) in [6.45, 7) is 0. The van der Waals surface area contributed by atoms with E-state index in [-0.39, 0.29) is 26.5 Å². The van der Waals surface area contributed by atoms with E-state index in [0.29, 0.717) is 21.5 Å². The number of nitrogens with one attached hydrogen (secondary N) is 1. The van der Waals surface area contributed by atoms with Crippen molar-refractivity contribution in [3.05, 3.63) is 64.0 Å². The number of benzene rings is 2. The number of nitrogens with zero attached hydrogens (tertiary/aromatic N) is 2. The summed E-state index contributed by atoms with van der Waals surface area (Å²) in [6, 6.07) is 10.9. The number of carbonyl (C=O) groups is 1. The summed E-state index contributed by atoms with van der Waals surface area (Å²) >= 11 is 1.06. The van der Waals surface area contributed by atoms with Gasteiger partial charge in [0, 0.05) is 12.3 Å². The zero-order valence-electron chi connectivity index (χ0n) is 17.3. The summed E-state index contributed by atoms with van der Waals surface area (Å²) in [6.07, 6.45) is 3.40. The molecule has 4 rings (SSSR count). The van der Waals surface area contributed by atoms with E-state index in [1.807, 2.05) is 0 Å². The van der Waals surface area contributed by atoms with Gasteiger partial charge in [0.15, 0.2) is 20.4 Å². The van der Waals surface area contributed by atoms with Crippen LogP contribution in [0.25, 0.3) is 27.3 Å². The zero-order valence-corrected chi connectivity index (χ0v) is 18.9. The topological polar surface area (TPSA) is 139 Å². The molecular weight excluding hydrogens is 466 g/mol. The Morgan fingerprint density at radius 1 is 1.27 bits per heavy atom. The van der Waals surface area contributed by atoms with Crippen molar-refractivity contribution in [1.82, 2.24) is 4.98 Å². The van der Waals surface area contributed by atoms with E-state index in [1.165, 1.54) is 37.6 Å². The van der Waals surface area contributed by atoms with Crippen LogP contribution in [0.3, 0.4) is 0 Å². The maximum atomic E-state index is 12.7. The highest BCUT2D eigenvalue weighted by Crippen LogP contribution is 2.28. The lowest BCUT2D eigenvalue weighted by Crippen LogP contribution is -2.14. The van der Waals surface area contributed by atoms with Crippen LogP contribution in [-0.4, -0.2) is 32.7 Å². The Hall–Kier alpha value is -4.01. The Morgan fingerprint density at radius 2 is 2.06 bits per heavy atom. The molecule has 0 spiro atoms. The summed E-state index contributed by atoms with van der Waals surface area (Å²) in [4.78, 5) is 29.7. The number of fused-ring (bicyclic) bond motifs is 2. The maximum absolute atomic E-state index is 12.7. The van der Waals surface area contributed by atoms with E-state index in [4.69, 9.17) is 9.15 Å². The summed E-state index contributed by atoms with van der Waals surface area (Å²) in [7, 11) is -1.90. The average Bonchev–Trinajstić information content (AvgIpc) is 3.19. The zero-order chi connectivity index (χ0) is 23.8. The summed E-state index contributed by atoms with van der Waals surface area (Å²) in [5, 5.41) is 12.4. The quantitative estimate of drug-likeness (QED) is 0.338. The molecule has 0 aliphatic heterocycles. The van der Waals surface area contributed by atoms with Gasteiger partial charge >= 0.3 is 0 Å². The molecule has 9 nitrogen and oxygen atoms in total. The Kier molecular flexibility index (Phi) is 5.71. The van der Waals surface area contributed by atoms with E-state index < -0.39 is 21.2 Å². The molecule has 0 aliphatic carbocycles. The highest BCUT2D eigenvalue weighted by Gasteiger charge is 2.16. The van der Waals surface area contributed by atoms with Gasteiger partial charge < -0.3 is 9.15 Å². The first kappa shape index (κ1) is 22.2. The molecule has 0 atom stereocenters. The number of methoxy groups -OCH3 is 1. The Labute approximate surface area is 191 Å². The first-order valence-electron chi connectivity index (χ1n) is 9.33. The summed E-state index contributed by atoms with van der Waals surface area (Å²) in [5.41, 5.74) is 0.0960. The fourth-order valence-corrected chi connectivity index (χ4v) is 4.63. The number of aromatic nitrogens is 1. The molecule has 33 heavy (non-hydrogen) atoms. The van der Waals surface area contributed by atoms with Crippen LogP contribution in [0.2, 0.25) is 0 Å². The first-order chi connectivity index (χ1) is 15.7. The van der Waals surface area contributed by atoms with Crippen LogP contribution in [0, 0.1) is 11.3 Å². The Bertz CT molecular complexity index is 1660. The van der Waals surface area contributed by atoms with Crippen LogP contribution >= 0.6 is 11.3 Å². The molecule has 0 unspecified atom stereocenters. The number of rotatable bonds is 5. The number of hydrogen-bond donors (Lipinski definition) is 1. The Morgan fingerprint density at radius 3 is 2.76 bits per heavy atom. The van der Waals surface area contributed by atoms with Gasteiger partial charge in [0.25, 0.3) is 5.91 Å². The average molecular weight is 482 g/mol. The molecule has 11 heteroatoms. The second-order valence-corrected chi connectivity index (χ2v) is 9.97. The van der Waals surface area contributed by atoms with Crippen molar-refractivity contribution < 1.29 is 22.4 Å². The number of hydrogen-bond acceptors (Lipinski definition) is 9. The van der Waals surface area contributed by atoms with Gasteiger partial charge in [-0.2, -0.15) is 5.26 Å². The lowest BCUT2D eigenvalue weighted by Gasteiger charge is -2.03. The van der Waals surface area contributed by atoms with E-state index in [9.17, 15) is 23.3 Å². The highest BCUT2D eigenvalue weighted by atomic mass is 32.2. The molecule has 0 bridgehead atoms. The normalized spacial score (nSPS) is 12.0. The van der Waals surface area contributed by atoms with Crippen molar-refractivity contribution in [2.75, 3.05) is 18.7 Å². The molecule has 0 radical (unpaired) electrons. The SMILES string of the molecule is COc1ccc2c(=O)c(C=C(C#N)C(=O)Nc3nc4ccc(S(C)(=O)=O)cc4s3)coc2c1. The monoisotopic (exact) mass is 481 g/mol. The van der Waals surface area contributed by atoms with E-state index in [2.05, 4.69) is 10.3 Å². The van der Waals surface area contributed by atoms with Gasteiger partial charge in [-0.1, -0.05) is 11.3 Å². The molecule has 2 heterocycles. The number of sulfone groups is 1. The molecule has 0 fully saturated rings. The molecule has 2 aromatic carbocycles. The molecule has 0 saturated heterocycles. The summed E-state index contributed by atoms with van der Waals surface area (Å²) in [5.74, 6) is -0.250. The third-order valence-corrected chi connectivity index (χ3v) is 6.73. The second kappa shape index (κ2) is 8.50. The minimum Gasteiger partial charge on any atom is -0.497 e. The van der Waals surface area contributed by atoms with Crippen molar-refractivity contribution in [2.24, 2.45) is 0 Å². The molecule has 4 aromatic rings. The van der Waals surface area contributed by atoms with Crippen LogP contribution < -0.4 is 15.5 Å². The van der Waals surface area contributed by atoms with Crippen molar-refractivity contribution >= 4 is 59.5 Å². The fourth-order valence-electron chi connectivity index (χ4n) is 3.01. The first-order valence-corrected chi connectivity index (χ1v) is 12.0. The van der Waals surface area contributed by atoms with Gasteiger partial charge in [-0.05, 0) is 36.4 Å². The number of amides is 1. The molecule has 1 amide bonds. The number of ether oxygens (including phenoxy) is 1. The molecule has 166 valence electrons. The largest absolute Gasteiger partial charge is 0.497 e. The smallest absolute Gasteiger partial charge is 0.268 e. The number of carbonyl (C=O) groups excluding carboxylic acids is 1. The van der Waals surface area contributed by atoms with Gasteiger partial charge in [0.2, 0.25) is 0 Å². The molecule has 1 N–H and O–H groups in total. The van der Waals surface area contributed by atoms with E-state index >= 15 is 0 Å². The number of thiazole rings is 1. The lowest BCUT2D eigenvalue weighted by atomic mass is 10.1. The van der Waals surface area contributed by atoms with Crippen LogP contribution in [0.5, 0.6) is 5.75 Å². The number of nitriles is 1. The summed E-state index contributed by atoms with van der Waals surface area (Å²) < 4.78 is 34.6. The fraction of sp³-hybridized carbons (Fsp3) is 0.0909. The van der Waals surface area contributed by atoms with Gasteiger partial charge in [0.1, 0.15) is 29.2 Å². The highest BCUT2D eigenvalue weighted by molar-refractivity contribution is 7.90.